The molecule has 9 heteroatoms. The van der Waals surface area contributed by atoms with Gasteiger partial charge in [0, 0.05) is 69.6 Å². The molecule has 0 aliphatic heterocycles. The molecule has 0 aliphatic carbocycles. The third-order valence-corrected chi connectivity index (χ3v) is 16.4. The van der Waals surface area contributed by atoms with Crippen LogP contribution in [0, 0.1) is 26.5 Å². The van der Waals surface area contributed by atoms with Gasteiger partial charge in [-0.2, -0.15) is 0 Å². The van der Waals surface area contributed by atoms with Crippen LogP contribution >= 0.6 is 0 Å². The van der Waals surface area contributed by atoms with E-state index in [1.165, 1.54) is 82.1 Å². The number of hydrogen-bond acceptors (Lipinski definition) is 4. The van der Waals surface area contributed by atoms with Gasteiger partial charge >= 0.3 is 0 Å². The predicted octanol–water partition coefficient (Wildman–Crippen LogP) is 21.4. The second kappa shape index (κ2) is 29.7. The Morgan fingerprint density at radius 2 is 0.807 bits per heavy atom. The van der Waals surface area contributed by atoms with E-state index < -0.39 is 11.6 Å². The number of phenolic OH excluding ortho intramolecular Hbond substituents is 2. The molecule has 83 heavy (non-hydrogen) atoms. The molecule has 434 valence electrons. The average Bonchev–Trinajstić information content (AvgIpc) is 2.26. The number of ether oxygens (including phenoxy) is 2. The van der Waals surface area contributed by atoms with Gasteiger partial charge in [0.2, 0.25) is 0 Å². The summed E-state index contributed by atoms with van der Waals surface area (Å²) in [5.41, 5.74) is 9.02. The number of fused-ring (bicyclic) bond motifs is 6. The van der Waals surface area contributed by atoms with Gasteiger partial charge in [-0.3, -0.25) is 0 Å². The largest absolute Gasteiger partial charge is 0.505 e. The number of unbranched alkanes of at least 4 members (excludes halogenated alkanes) is 12. The molecule has 0 saturated heterocycles. The SMILES string of the molecule is CCCCCCCCCc1cc(-c2cc(F)ccc2OCCCCOc2ccc(F)cc2-c2cc(C(C)(C)CCCCCCCC)cc(-n3c4ccccc4c4ccccc43)c2O)c(O)c(-n2c3ccccc3c3ccccc32)c1.[CH3-].[CH3-].[Hf]. The molecule has 10 rings (SSSR count). The molecule has 0 unspecified atom stereocenters. The first-order valence-corrected chi connectivity index (χ1v) is 29.6. The van der Waals surface area contributed by atoms with E-state index in [0.717, 1.165) is 93.3 Å². The zero-order valence-corrected chi connectivity index (χ0v) is 53.4. The van der Waals surface area contributed by atoms with E-state index in [2.05, 4.69) is 97.5 Å². The molecule has 2 N–H and O–H groups in total. The Morgan fingerprint density at radius 1 is 0.422 bits per heavy atom. The van der Waals surface area contributed by atoms with Crippen molar-refractivity contribution in [3.05, 3.63) is 195 Å². The zero-order chi connectivity index (χ0) is 55.6. The Kier molecular flexibility index (Phi) is 22.8. The number of aromatic nitrogens is 2. The number of phenols is 2. The van der Waals surface area contributed by atoms with Crippen molar-refractivity contribution in [2.24, 2.45) is 0 Å². The van der Waals surface area contributed by atoms with Crippen molar-refractivity contribution in [2.75, 3.05) is 13.2 Å². The van der Waals surface area contributed by atoms with Crippen LogP contribution in [0.25, 0.3) is 77.2 Å². The number of para-hydroxylation sites is 4. The van der Waals surface area contributed by atoms with Crippen LogP contribution in [-0.2, 0) is 37.7 Å². The summed E-state index contributed by atoms with van der Waals surface area (Å²) in [7, 11) is 0. The van der Waals surface area contributed by atoms with E-state index in [0.29, 0.717) is 71.2 Å². The Labute approximate surface area is 511 Å². The number of hydrogen-bond donors (Lipinski definition) is 2. The summed E-state index contributed by atoms with van der Waals surface area (Å²) in [5, 5.41) is 29.4. The Bertz CT molecular complexity index is 3640. The summed E-state index contributed by atoms with van der Waals surface area (Å²) in [6.07, 6.45) is 18.4. The van der Waals surface area contributed by atoms with Crippen LogP contribution in [0.5, 0.6) is 23.0 Å². The molecule has 0 bridgehead atoms. The number of nitrogens with zero attached hydrogens (tertiary/aromatic N) is 2. The van der Waals surface area contributed by atoms with Crippen LogP contribution in [0.2, 0.25) is 0 Å². The van der Waals surface area contributed by atoms with E-state index >= 15 is 8.78 Å². The van der Waals surface area contributed by atoms with E-state index in [1.54, 1.807) is 12.1 Å². The molecule has 0 aliphatic rings. The molecule has 2 heterocycles. The predicted molar refractivity (Wildman–Crippen MR) is 341 cm³/mol. The van der Waals surface area contributed by atoms with E-state index in [4.69, 9.17) is 9.47 Å². The fourth-order valence-electron chi connectivity index (χ4n) is 12.0. The number of aryl methyl sites for hydroxylation is 1. The van der Waals surface area contributed by atoms with Crippen LogP contribution < -0.4 is 9.47 Å². The minimum atomic E-state index is -0.429. The van der Waals surface area contributed by atoms with Crippen molar-refractivity contribution in [3.63, 3.8) is 0 Å². The van der Waals surface area contributed by atoms with Gasteiger partial charge in [0.15, 0.2) is 0 Å². The minimum Gasteiger partial charge on any atom is -0.505 e. The molecule has 8 aromatic carbocycles. The molecule has 0 saturated carbocycles. The molecule has 0 amide bonds. The monoisotopic (exact) mass is 1280 g/mol. The Balaban J connectivity index is 0.00000330. The third kappa shape index (κ3) is 14.3. The van der Waals surface area contributed by atoms with Gasteiger partial charge in [-0.05, 0) is 134 Å². The van der Waals surface area contributed by atoms with E-state index in [9.17, 15) is 10.2 Å². The quantitative estimate of drug-likeness (QED) is 0.0306. The maximum absolute atomic E-state index is 15.6. The number of benzene rings is 8. The third-order valence-electron chi connectivity index (χ3n) is 16.4. The standard InChI is InChI=1S/C72H78F2N2O4.2CH3.Hf/c1-5-7-9-11-13-14-16-28-50-44-60(70(77)66(45-50)75-62-33-21-17-29-54(62)55-30-18-22-34-63(55)75)58-48-52(73)37-39-68(58)79-42-26-27-43-80-69-40-38-53(74)49-59(69)61-46-51(72(3,4)41-25-15-12-10-8-6-2)47-67(71(61)78)76-64-35-23-19-31-56(64)57-32-20-24-36-65(57)76;;;/h17-24,29-40,44-49,77-78H,5-16,25-28,41-43H2,1-4H3;2*1H3;/q;2*-1;. The summed E-state index contributed by atoms with van der Waals surface area (Å²) >= 11 is 0. The zero-order valence-electron chi connectivity index (χ0n) is 49.8. The number of aromatic hydroxyl groups is 2. The second-order valence-corrected chi connectivity index (χ2v) is 22.6. The summed E-state index contributed by atoms with van der Waals surface area (Å²) in [6.45, 7) is 9.62. The molecule has 0 fully saturated rings. The van der Waals surface area contributed by atoms with Crippen LogP contribution in [0.1, 0.15) is 142 Å². The van der Waals surface area contributed by atoms with Crippen LogP contribution in [0.3, 0.4) is 0 Å². The van der Waals surface area contributed by atoms with Crippen LogP contribution in [-0.4, -0.2) is 32.6 Å². The summed E-state index contributed by atoms with van der Waals surface area (Å²) in [6, 6.07) is 50.4. The molecular weight excluding hydrogens is 1200 g/mol. The van der Waals surface area contributed by atoms with Crippen LogP contribution in [0.4, 0.5) is 8.78 Å². The van der Waals surface area contributed by atoms with E-state index in [-0.39, 0.29) is 57.6 Å². The van der Waals surface area contributed by atoms with Crippen molar-refractivity contribution in [1.29, 1.82) is 0 Å². The van der Waals surface area contributed by atoms with Gasteiger partial charge < -0.3 is 43.7 Å². The van der Waals surface area contributed by atoms with Crippen molar-refractivity contribution in [2.45, 2.75) is 142 Å². The molecule has 0 radical (unpaired) electrons. The first-order valence-electron chi connectivity index (χ1n) is 29.6. The fourth-order valence-corrected chi connectivity index (χ4v) is 12.0. The van der Waals surface area contributed by atoms with E-state index in [1.807, 2.05) is 60.7 Å². The fraction of sp³-hybridized carbons (Fsp3) is 0.324. The Morgan fingerprint density at radius 3 is 1.25 bits per heavy atom. The van der Waals surface area contributed by atoms with Crippen LogP contribution in [0.15, 0.2) is 158 Å². The summed E-state index contributed by atoms with van der Waals surface area (Å²) < 4.78 is 48.4. The topological polar surface area (TPSA) is 68.8 Å². The van der Waals surface area contributed by atoms with Gasteiger partial charge in [-0.25, -0.2) is 8.78 Å². The van der Waals surface area contributed by atoms with Crippen molar-refractivity contribution >= 4 is 43.6 Å². The van der Waals surface area contributed by atoms with Gasteiger partial charge in [0.25, 0.3) is 0 Å². The minimum absolute atomic E-state index is 0. The molecule has 6 nitrogen and oxygen atoms in total. The molecule has 0 spiro atoms. The molecule has 0 atom stereocenters. The Hall–Kier alpha value is -6.71. The number of halogens is 2. The van der Waals surface area contributed by atoms with Crippen molar-refractivity contribution in [3.8, 4) is 56.6 Å². The molecule has 2 aromatic heterocycles. The maximum Gasteiger partial charge on any atom is 0.147 e. The smallest absolute Gasteiger partial charge is 0.147 e. The van der Waals surface area contributed by atoms with Crippen molar-refractivity contribution in [1.82, 2.24) is 9.13 Å². The van der Waals surface area contributed by atoms with Gasteiger partial charge in [0.1, 0.15) is 34.6 Å². The summed E-state index contributed by atoms with van der Waals surface area (Å²) in [4.78, 5) is 0. The summed E-state index contributed by atoms with van der Waals surface area (Å²) in [5.74, 6) is 0.185. The van der Waals surface area contributed by atoms with Gasteiger partial charge in [0.05, 0.1) is 46.7 Å². The first-order chi connectivity index (χ1) is 39.1. The normalized spacial score (nSPS) is 11.5. The van der Waals surface area contributed by atoms with Crippen molar-refractivity contribution < 1.29 is 54.3 Å². The first kappa shape index (κ1) is 63.9. The van der Waals surface area contributed by atoms with Gasteiger partial charge in [-0.15, -0.1) is 0 Å². The molecular formula is C74H84F2HfN2O4-2. The van der Waals surface area contributed by atoms with Gasteiger partial charge in [-0.1, -0.05) is 178 Å². The maximum atomic E-state index is 15.6. The molecule has 10 aromatic rings. The average molecular weight is 1280 g/mol. The number of rotatable bonds is 27. The second-order valence-electron chi connectivity index (χ2n) is 22.6.